The van der Waals surface area contributed by atoms with Gasteiger partial charge in [-0.25, -0.2) is 4.98 Å². The highest BCUT2D eigenvalue weighted by molar-refractivity contribution is 5.52. The van der Waals surface area contributed by atoms with E-state index in [2.05, 4.69) is 21.0 Å². The van der Waals surface area contributed by atoms with Crippen molar-refractivity contribution in [2.24, 2.45) is 0 Å². The molecular weight excluding hydrogens is 114 g/mol. The molecule has 0 bridgehead atoms. The molecule has 0 unspecified atom stereocenters. The summed E-state index contributed by atoms with van der Waals surface area (Å²) in [5.74, 6) is 0. The van der Waals surface area contributed by atoms with Crippen LogP contribution in [0.25, 0.3) is 11.4 Å². The van der Waals surface area contributed by atoms with Crippen LogP contribution in [0, 0.1) is 6.07 Å². The molecule has 0 atom stereocenters. The van der Waals surface area contributed by atoms with E-state index in [1.54, 1.807) is 18.7 Å². The highest BCUT2D eigenvalue weighted by Crippen LogP contribution is 2.11. The Balaban J connectivity index is 2.79. The average molecular weight is 118 g/mol. The molecule has 2 aliphatic rings. The van der Waals surface area contributed by atoms with Crippen molar-refractivity contribution in [2.75, 3.05) is 0 Å². The Morgan fingerprint density at radius 1 is 1.56 bits per heavy atom. The largest absolute Gasteiger partial charge is 0.344 e. The van der Waals surface area contributed by atoms with E-state index in [0.29, 0.717) is 0 Å². The summed E-state index contributed by atoms with van der Waals surface area (Å²) in [6, 6.07) is 2.91. The van der Waals surface area contributed by atoms with Crippen molar-refractivity contribution < 1.29 is 0 Å². The minimum absolute atomic E-state index is 0.859. The zero-order chi connectivity index (χ0) is 6.10. The Labute approximate surface area is 52.1 Å². The van der Waals surface area contributed by atoms with Gasteiger partial charge in [0.15, 0.2) is 0 Å². The summed E-state index contributed by atoms with van der Waals surface area (Å²) >= 11 is 0. The van der Waals surface area contributed by atoms with Gasteiger partial charge in [-0.3, -0.25) is 4.98 Å². The van der Waals surface area contributed by atoms with E-state index in [-0.39, 0.29) is 0 Å². The third kappa shape index (κ3) is 0.579. The number of nitrogens with zero attached hydrogens (tertiary/aromatic N) is 2. The minimum atomic E-state index is 0.859. The van der Waals surface area contributed by atoms with E-state index in [1.165, 1.54) is 0 Å². The van der Waals surface area contributed by atoms with Gasteiger partial charge in [0.25, 0.3) is 0 Å². The second kappa shape index (κ2) is 1.55. The number of H-pyrrole nitrogens is 1. The van der Waals surface area contributed by atoms with Gasteiger partial charge < -0.3 is 4.98 Å². The second-order valence-electron chi connectivity index (χ2n) is 1.71. The maximum atomic E-state index is 3.97. The average Bonchev–Trinajstić information content (AvgIpc) is 2.33. The fourth-order valence-corrected chi connectivity index (χ4v) is 0.728. The summed E-state index contributed by atoms with van der Waals surface area (Å²) in [6.45, 7) is 0. The van der Waals surface area contributed by atoms with Crippen LogP contribution in [0.15, 0.2) is 18.7 Å². The molecule has 0 aliphatic carbocycles. The van der Waals surface area contributed by atoms with Crippen LogP contribution in [0.2, 0.25) is 0 Å². The van der Waals surface area contributed by atoms with Gasteiger partial charge in [-0.15, -0.1) is 0 Å². The molecule has 2 heterocycles. The fourth-order valence-electron chi connectivity index (χ4n) is 0.728. The van der Waals surface area contributed by atoms with Crippen molar-refractivity contribution in [1.29, 1.82) is 0 Å². The van der Waals surface area contributed by atoms with E-state index < -0.39 is 0 Å². The number of rotatable bonds is 0. The second-order valence-corrected chi connectivity index (χ2v) is 1.71. The van der Waals surface area contributed by atoms with Crippen LogP contribution in [-0.2, 0) is 0 Å². The third-order valence-corrected chi connectivity index (χ3v) is 1.15. The maximum absolute atomic E-state index is 3.97. The van der Waals surface area contributed by atoms with Gasteiger partial charge in [0, 0.05) is 12.3 Å². The van der Waals surface area contributed by atoms with Gasteiger partial charge in [0.2, 0.25) is 0 Å². The van der Waals surface area contributed by atoms with Gasteiger partial charge in [0.05, 0.1) is 18.2 Å². The fraction of sp³-hybridized carbons (Fsp3) is 0. The van der Waals surface area contributed by atoms with E-state index in [4.69, 9.17) is 0 Å². The molecule has 2 rings (SSSR count). The van der Waals surface area contributed by atoms with E-state index in [1.807, 2.05) is 0 Å². The van der Waals surface area contributed by atoms with Gasteiger partial charge in [-0.05, 0) is 0 Å². The molecular formula is C6H4N3. The molecule has 0 saturated carbocycles. The zero-order valence-electron chi connectivity index (χ0n) is 4.63. The molecule has 43 valence electrons. The van der Waals surface area contributed by atoms with Gasteiger partial charge in [-0.2, -0.15) is 0 Å². The van der Waals surface area contributed by atoms with Crippen molar-refractivity contribution in [3.05, 3.63) is 24.8 Å². The Morgan fingerprint density at radius 3 is 3.44 bits per heavy atom. The van der Waals surface area contributed by atoms with Gasteiger partial charge >= 0.3 is 0 Å². The molecule has 0 fully saturated rings. The SMILES string of the molecule is [c]1cnc2cnc[nH]c1-2. The Hall–Kier alpha value is -1.38. The van der Waals surface area contributed by atoms with E-state index in [0.717, 1.165) is 11.4 Å². The summed E-state index contributed by atoms with van der Waals surface area (Å²) < 4.78 is 0. The number of fused-ring (bicyclic) bond motifs is 1. The molecule has 1 N–H and O–H groups in total. The molecule has 1 radical (unpaired) electrons. The lowest BCUT2D eigenvalue weighted by atomic mass is 10.3. The molecule has 0 spiro atoms. The highest BCUT2D eigenvalue weighted by Gasteiger charge is 1.99. The molecule has 9 heavy (non-hydrogen) atoms. The first-order chi connectivity index (χ1) is 4.47. The Bertz CT molecular complexity index is 248. The van der Waals surface area contributed by atoms with E-state index in [9.17, 15) is 0 Å². The summed E-state index contributed by atoms with van der Waals surface area (Å²) in [5, 5.41) is 0. The third-order valence-electron chi connectivity index (χ3n) is 1.15. The van der Waals surface area contributed by atoms with Crippen LogP contribution < -0.4 is 0 Å². The minimum Gasteiger partial charge on any atom is -0.344 e. The molecule has 0 aromatic heterocycles. The molecule has 0 amide bonds. The van der Waals surface area contributed by atoms with Crippen molar-refractivity contribution in [3.8, 4) is 11.4 Å². The van der Waals surface area contributed by atoms with Crippen LogP contribution in [-0.4, -0.2) is 15.0 Å². The first-order valence-electron chi connectivity index (χ1n) is 2.61. The predicted octanol–water partition coefficient (Wildman–Crippen LogP) is 0.710. The maximum Gasteiger partial charge on any atom is 0.105 e. The zero-order valence-corrected chi connectivity index (χ0v) is 4.63. The molecule has 0 aromatic rings. The van der Waals surface area contributed by atoms with E-state index >= 15 is 0 Å². The topological polar surface area (TPSA) is 41.6 Å². The first-order valence-corrected chi connectivity index (χ1v) is 2.61. The predicted molar refractivity (Wildman–Crippen MR) is 31.8 cm³/mol. The smallest absolute Gasteiger partial charge is 0.105 e. The number of nitrogens with one attached hydrogen (secondary N) is 1. The normalized spacial score (nSPS) is 10.2. The molecule has 3 nitrogen and oxygen atoms in total. The van der Waals surface area contributed by atoms with Gasteiger partial charge in [0.1, 0.15) is 5.69 Å². The van der Waals surface area contributed by atoms with Gasteiger partial charge in [-0.1, -0.05) is 0 Å². The molecule has 0 aromatic carbocycles. The van der Waals surface area contributed by atoms with Crippen LogP contribution in [0.5, 0.6) is 0 Å². The molecule has 3 heteroatoms. The number of hydrogen-bond donors (Lipinski definition) is 1. The monoisotopic (exact) mass is 118 g/mol. The molecule has 0 saturated heterocycles. The lowest BCUT2D eigenvalue weighted by Crippen LogP contribution is -1.82. The quantitative estimate of drug-likeness (QED) is 0.553. The lowest BCUT2D eigenvalue weighted by molar-refractivity contribution is 1.15. The summed E-state index contributed by atoms with van der Waals surface area (Å²) in [7, 11) is 0. The molecule has 2 aliphatic heterocycles. The van der Waals surface area contributed by atoms with Crippen molar-refractivity contribution >= 4 is 0 Å². The first kappa shape index (κ1) is 4.49. The number of hydrogen-bond acceptors (Lipinski definition) is 2. The van der Waals surface area contributed by atoms with Crippen LogP contribution in [0.4, 0.5) is 0 Å². The highest BCUT2D eigenvalue weighted by atomic mass is 14.9. The number of aromatic amines is 1. The Morgan fingerprint density at radius 2 is 2.56 bits per heavy atom. The van der Waals surface area contributed by atoms with Crippen LogP contribution >= 0.6 is 0 Å². The Kier molecular flexibility index (Phi) is 0.773. The van der Waals surface area contributed by atoms with Crippen molar-refractivity contribution in [3.63, 3.8) is 0 Å². The summed E-state index contributed by atoms with van der Waals surface area (Å²) in [4.78, 5) is 10.7. The number of aromatic nitrogens is 3. The lowest BCUT2D eigenvalue weighted by Gasteiger charge is -1.90. The summed E-state index contributed by atoms with van der Waals surface area (Å²) in [5.41, 5.74) is 1.77. The van der Waals surface area contributed by atoms with Crippen molar-refractivity contribution in [2.45, 2.75) is 0 Å². The van der Waals surface area contributed by atoms with Crippen LogP contribution in [0.1, 0.15) is 0 Å². The summed E-state index contributed by atoms with van der Waals surface area (Å²) in [6.07, 6.45) is 4.94. The van der Waals surface area contributed by atoms with Crippen molar-refractivity contribution in [1.82, 2.24) is 15.0 Å². The standard InChI is InChI=1S/C6H4N3/c1-2-8-6-3-7-4-9-5(1)6/h2-4H,(H,7,9). The van der Waals surface area contributed by atoms with Crippen LogP contribution in [0.3, 0.4) is 0 Å².